The second-order valence-corrected chi connectivity index (χ2v) is 17.5. The largest absolute Gasteiger partial charge is 0.480 e. The Morgan fingerprint density at radius 3 is 1.58 bits per heavy atom. The Kier molecular flexibility index (Phi) is 25.9. The van der Waals surface area contributed by atoms with E-state index in [-0.39, 0.29) is 51.8 Å². The van der Waals surface area contributed by atoms with Crippen LogP contribution in [-0.4, -0.2) is 101 Å². The van der Waals surface area contributed by atoms with Crippen molar-refractivity contribution in [2.24, 2.45) is 0 Å². The van der Waals surface area contributed by atoms with Crippen molar-refractivity contribution in [3.8, 4) is 39.0 Å². The molecule has 24 nitrogen and oxygen atoms in total. The van der Waals surface area contributed by atoms with Gasteiger partial charge in [0.1, 0.15) is 42.0 Å². The molecule has 0 aliphatic rings. The molecule has 0 spiro atoms. The molecule has 411 valence electrons. The molecule has 0 fully saturated rings. The van der Waals surface area contributed by atoms with Gasteiger partial charge in [-0.1, -0.05) is 26.2 Å². The third-order valence-electron chi connectivity index (χ3n) is 8.62. The predicted molar refractivity (Wildman–Crippen MR) is 277 cm³/mol. The molecule has 0 aliphatic carbocycles. The third kappa shape index (κ3) is 19.8. The molecular weight excluding hydrogens is 1300 g/mol. The summed E-state index contributed by atoms with van der Waals surface area (Å²) in [6, 6.07) is 6.83. The minimum absolute atomic E-state index is 0. The third-order valence-corrected chi connectivity index (χ3v) is 12.3. The maximum atomic E-state index is 12.7. The topological polar surface area (TPSA) is 301 Å². The molecule has 10 aromatic heterocycles. The van der Waals surface area contributed by atoms with Gasteiger partial charge in [0.15, 0.2) is 5.82 Å². The molecule has 10 aromatic rings. The summed E-state index contributed by atoms with van der Waals surface area (Å²) in [5.74, 6) is 0.0690. The number of nitrogens with zero attached hydrogens (tertiary/aromatic N) is 17. The molecule has 35 heteroatoms. The molecule has 0 amide bonds. The number of nitrogens with one attached hydrogen (secondary N) is 1. The molecule has 0 aliphatic heterocycles. The van der Waals surface area contributed by atoms with Crippen LogP contribution in [0.3, 0.4) is 0 Å². The van der Waals surface area contributed by atoms with Crippen LogP contribution >= 0.6 is 54.5 Å². The van der Waals surface area contributed by atoms with Crippen molar-refractivity contribution in [1.29, 1.82) is 0 Å². The molecule has 0 bridgehead atoms. The van der Waals surface area contributed by atoms with E-state index in [9.17, 15) is 26.3 Å². The van der Waals surface area contributed by atoms with Crippen LogP contribution in [-0.2, 0) is 56.9 Å². The molecule has 1 radical (unpaired) electrons. The Balaban J connectivity index is 0.000000233. The van der Waals surface area contributed by atoms with Crippen LogP contribution in [0, 0.1) is 7.43 Å². The van der Waals surface area contributed by atoms with Gasteiger partial charge in [0.05, 0.1) is 73.1 Å². The number of methoxy groups -OCH3 is 3. The first-order chi connectivity index (χ1) is 37.1. The summed E-state index contributed by atoms with van der Waals surface area (Å²) in [4.78, 5) is 58.6. The maximum Gasteiger partial charge on any atom is 0.471 e. The number of rotatable bonds is 12. The monoisotopic (exact) mass is 1340 g/mol. The molecule has 0 unspecified atom stereocenters. The van der Waals surface area contributed by atoms with E-state index >= 15 is 0 Å². The number of hydrogen-bond acceptors (Lipinski definition) is 26. The van der Waals surface area contributed by atoms with Crippen molar-refractivity contribution < 1.29 is 82.3 Å². The van der Waals surface area contributed by atoms with Crippen molar-refractivity contribution >= 4 is 83.4 Å². The summed E-state index contributed by atoms with van der Waals surface area (Å²) in [7, 11) is 4.59. The first kappa shape index (κ1) is 64.1. The van der Waals surface area contributed by atoms with Gasteiger partial charge >= 0.3 is 24.1 Å². The van der Waals surface area contributed by atoms with Gasteiger partial charge in [-0.15, -0.1) is 22.7 Å². The van der Waals surface area contributed by atoms with E-state index in [2.05, 4.69) is 126 Å². The second kappa shape index (κ2) is 31.9. The second-order valence-electron chi connectivity index (χ2n) is 13.7. The summed E-state index contributed by atoms with van der Waals surface area (Å²) in [6.07, 6.45) is 13.8. The Hall–Kier alpha value is -7.40. The van der Waals surface area contributed by atoms with Crippen LogP contribution in [0.25, 0.3) is 21.4 Å². The number of nitrogen functional groups attached to an aromatic ring is 1. The summed E-state index contributed by atoms with van der Waals surface area (Å²) < 4.78 is 99.1. The van der Waals surface area contributed by atoms with Gasteiger partial charge in [0.2, 0.25) is 29.3 Å². The molecule has 3 N–H and O–H groups in total. The number of halogens is 8. The quantitative estimate of drug-likeness (QED) is 0.0652. The van der Waals surface area contributed by atoms with Gasteiger partial charge in [-0.05, 0) is 40.2 Å². The average Bonchev–Trinajstić information content (AvgIpc) is 4.32. The fraction of sp³-hybridized carbons (Fsp3) is 0.159. The average molecular weight is 1340 g/mol. The van der Waals surface area contributed by atoms with E-state index in [1.807, 2.05) is 0 Å². The molecule has 0 saturated carbocycles. The Morgan fingerprint density at radius 2 is 1.13 bits per heavy atom. The minimum Gasteiger partial charge on any atom is -0.480 e. The van der Waals surface area contributed by atoms with Crippen LogP contribution in [0.4, 0.5) is 55.2 Å². The van der Waals surface area contributed by atoms with E-state index < -0.39 is 24.1 Å². The Labute approximate surface area is 493 Å². The molecule has 10 heterocycles. The van der Waals surface area contributed by atoms with E-state index in [1.165, 1.54) is 67.4 Å². The van der Waals surface area contributed by atoms with Gasteiger partial charge in [-0.3, -0.25) is 15.0 Å². The van der Waals surface area contributed by atoms with Crippen molar-refractivity contribution in [3.05, 3.63) is 151 Å². The zero-order valence-corrected chi connectivity index (χ0v) is 48.7. The zero-order valence-electron chi connectivity index (χ0n) is 41.0. The number of hydrogen-bond donors (Lipinski definition) is 2. The van der Waals surface area contributed by atoms with Crippen LogP contribution in [0.1, 0.15) is 21.5 Å². The number of thiophene rings is 2. The SMILES string of the molecule is COc1ncncc1Br.COc1ncncc1N(Cc1ccc(-c2noc(C(F)(F)F)n2)s1)c1cnccn1.COc1ncncc1Nc1cnccn1.FC(F)(F)c1nc(-c2ccc(CBr)s2)no1.Nc1cnccn1.[CH3-].[Y]. The van der Waals surface area contributed by atoms with E-state index in [1.54, 1.807) is 99.2 Å². The number of aromatic nitrogens is 16. The van der Waals surface area contributed by atoms with Crippen LogP contribution in [0.2, 0.25) is 0 Å². The van der Waals surface area contributed by atoms with Crippen molar-refractivity contribution in [2.45, 2.75) is 24.2 Å². The van der Waals surface area contributed by atoms with Crippen LogP contribution in [0.15, 0.2) is 131 Å². The predicted octanol–water partition coefficient (Wildman–Crippen LogP) is 10.2. The van der Waals surface area contributed by atoms with Gasteiger partial charge in [-0.2, -0.15) is 46.3 Å². The van der Waals surface area contributed by atoms with Crippen LogP contribution < -0.4 is 30.2 Å². The smallest absolute Gasteiger partial charge is 0.471 e. The molecule has 79 heavy (non-hydrogen) atoms. The van der Waals surface area contributed by atoms with E-state index in [4.69, 9.17) is 19.9 Å². The Bertz CT molecular complexity index is 3340. The summed E-state index contributed by atoms with van der Waals surface area (Å²) in [5, 5.41) is 10.3. The van der Waals surface area contributed by atoms with Gasteiger partial charge in [0, 0.05) is 91.2 Å². The summed E-state index contributed by atoms with van der Waals surface area (Å²) in [5.41, 5.74) is 6.39. The minimum atomic E-state index is -4.70. The van der Waals surface area contributed by atoms with Crippen molar-refractivity contribution in [3.63, 3.8) is 0 Å². The van der Waals surface area contributed by atoms with E-state index in [0.29, 0.717) is 68.1 Å². The molecule has 0 aromatic carbocycles. The number of ether oxygens (including phenoxy) is 3. The first-order valence-corrected chi connectivity index (χ1v) is 24.5. The van der Waals surface area contributed by atoms with Crippen molar-refractivity contribution in [2.75, 3.05) is 37.3 Å². The standard InChI is InChI=1S/C17H12F3N7O2S.C9H9N5O.C8H4BrF3N2OS.C5H5BrN2O.C4H5N3.CH3.Y/c1-28-15-11(6-22-9-24-15)27(13-7-21-4-5-23-13)8-10-2-3-12(30-10)14-25-16(29-26-14)17(18,19)20;1-15-9-7(4-11-6-13-9)14-8-5-10-2-3-12-8;9-3-4-1-2-5(16-4)6-13-7(15-14-6)8(10,11)12;1-9-5-4(6)2-7-3-8-5;5-4-3-6-1-2-7-4;;/h2-7,9H,8H2,1H3;2-6H,1H3,(H,12,14);1-2H,3H2;2-3H,1H3;1-3H,(H2,5,7);1H3;/q;;;;;-1;. The van der Waals surface area contributed by atoms with E-state index in [0.717, 1.165) is 14.2 Å². The number of nitrogens with two attached hydrogens (primary N) is 1. The maximum absolute atomic E-state index is 12.7. The number of anilines is 5. The summed E-state index contributed by atoms with van der Waals surface area (Å²) in [6.45, 7) is 0.303. The van der Waals surface area contributed by atoms with Gasteiger partial charge in [0.25, 0.3) is 0 Å². The van der Waals surface area contributed by atoms with Gasteiger partial charge < -0.3 is 46.6 Å². The van der Waals surface area contributed by atoms with Gasteiger partial charge in [-0.25, -0.2) is 34.9 Å². The fourth-order valence-corrected chi connectivity index (χ4v) is 8.01. The number of alkyl halides is 7. The summed E-state index contributed by atoms with van der Waals surface area (Å²) >= 11 is 8.98. The Morgan fingerprint density at radius 1 is 0.608 bits per heavy atom. The molecule has 0 saturated heterocycles. The van der Waals surface area contributed by atoms with Crippen LogP contribution in [0.5, 0.6) is 17.6 Å². The normalized spacial score (nSPS) is 10.4. The molecule has 0 atom stereocenters. The molecule has 10 rings (SSSR count). The zero-order chi connectivity index (χ0) is 55.2. The first-order valence-electron chi connectivity index (χ1n) is 20.9. The van der Waals surface area contributed by atoms with Crippen molar-refractivity contribution in [1.82, 2.24) is 80.1 Å². The fourth-order valence-electron chi connectivity index (χ4n) is 5.39. The molecular formula is C44H38Br2F6N19O5S2Y-.